The number of carboxylic acids is 1. The molecular formula is C16H17FN2O2. The monoisotopic (exact) mass is 288 g/mol. The molecule has 0 spiro atoms. The zero-order valence-electron chi connectivity index (χ0n) is 11.9. The topological polar surface area (TPSA) is 66.6 Å². The first-order chi connectivity index (χ1) is 9.90. The molecule has 0 aliphatic carbocycles. The Morgan fingerprint density at radius 3 is 2.43 bits per heavy atom. The smallest absolute Gasteiger partial charge is 0.340 e. The number of halogens is 1. The average molecular weight is 288 g/mol. The molecule has 0 bridgehead atoms. The third kappa shape index (κ3) is 3.13. The molecule has 0 atom stereocenters. The summed E-state index contributed by atoms with van der Waals surface area (Å²) in [6.45, 7) is 2.50. The molecule has 0 aliphatic heterocycles. The van der Waals surface area contributed by atoms with Crippen molar-refractivity contribution in [3.8, 4) is 0 Å². The number of carboxylic acid groups (broad SMARTS) is 1. The third-order valence-corrected chi connectivity index (χ3v) is 3.34. The van der Waals surface area contributed by atoms with Crippen molar-refractivity contribution >= 4 is 17.3 Å². The molecule has 3 N–H and O–H groups in total. The number of aryl methyl sites for hydroxylation is 1. The Morgan fingerprint density at radius 1 is 1.24 bits per heavy atom. The van der Waals surface area contributed by atoms with E-state index in [-0.39, 0.29) is 11.3 Å². The van der Waals surface area contributed by atoms with Gasteiger partial charge < -0.3 is 15.7 Å². The number of benzene rings is 2. The van der Waals surface area contributed by atoms with Crippen LogP contribution >= 0.6 is 0 Å². The average Bonchev–Trinajstić information content (AvgIpc) is 2.43. The van der Waals surface area contributed by atoms with E-state index in [1.54, 1.807) is 11.9 Å². The van der Waals surface area contributed by atoms with Gasteiger partial charge in [0.2, 0.25) is 0 Å². The first-order valence-electron chi connectivity index (χ1n) is 6.48. The molecule has 110 valence electrons. The van der Waals surface area contributed by atoms with E-state index in [1.807, 2.05) is 31.2 Å². The zero-order valence-corrected chi connectivity index (χ0v) is 11.9. The number of nitrogens with two attached hydrogens (primary N) is 1. The van der Waals surface area contributed by atoms with Gasteiger partial charge in [0.1, 0.15) is 11.4 Å². The number of nitrogen functional groups attached to an aromatic ring is 1. The minimum Gasteiger partial charge on any atom is -0.478 e. The summed E-state index contributed by atoms with van der Waals surface area (Å²) >= 11 is 0. The van der Waals surface area contributed by atoms with Gasteiger partial charge in [-0.15, -0.1) is 0 Å². The molecule has 0 saturated carbocycles. The number of carbonyl (C=O) groups is 1. The van der Waals surface area contributed by atoms with Crippen LogP contribution in [0.2, 0.25) is 0 Å². The zero-order chi connectivity index (χ0) is 15.6. The SMILES string of the molecule is Cc1ccc(CN(C)c2ccc(F)c(N)c2C(=O)O)cc1. The Kier molecular flexibility index (Phi) is 4.12. The molecule has 0 fully saturated rings. The van der Waals surface area contributed by atoms with E-state index in [2.05, 4.69) is 0 Å². The van der Waals surface area contributed by atoms with Crippen molar-refractivity contribution in [2.24, 2.45) is 0 Å². The van der Waals surface area contributed by atoms with Crippen LogP contribution in [0.3, 0.4) is 0 Å². The van der Waals surface area contributed by atoms with Gasteiger partial charge in [-0.05, 0) is 24.6 Å². The van der Waals surface area contributed by atoms with Gasteiger partial charge >= 0.3 is 5.97 Å². The molecule has 0 aromatic heterocycles. The van der Waals surface area contributed by atoms with Gasteiger partial charge in [-0.1, -0.05) is 29.8 Å². The first kappa shape index (κ1) is 14.8. The van der Waals surface area contributed by atoms with Crippen LogP contribution in [0.4, 0.5) is 15.8 Å². The maximum absolute atomic E-state index is 13.4. The minimum absolute atomic E-state index is 0.204. The van der Waals surface area contributed by atoms with Gasteiger partial charge in [-0.25, -0.2) is 9.18 Å². The molecule has 0 amide bonds. The summed E-state index contributed by atoms with van der Waals surface area (Å²) < 4.78 is 13.4. The van der Waals surface area contributed by atoms with Gasteiger partial charge in [0.05, 0.1) is 11.4 Å². The molecule has 0 aliphatic rings. The summed E-state index contributed by atoms with van der Waals surface area (Å²) in [6.07, 6.45) is 0. The highest BCUT2D eigenvalue weighted by molar-refractivity contribution is 6.00. The summed E-state index contributed by atoms with van der Waals surface area (Å²) in [6, 6.07) is 10.5. The number of nitrogens with zero attached hydrogens (tertiary/aromatic N) is 1. The van der Waals surface area contributed by atoms with Crippen LogP contribution in [0.1, 0.15) is 21.5 Å². The summed E-state index contributed by atoms with van der Waals surface area (Å²) in [4.78, 5) is 13.1. The molecule has 0 radical (unpaired) electrons. The molecule has 2 aromatic rings. The normalized spacial score (nSPS) is 10.4. The molecular weight excluding hydrogens is 271 g/mol. The summed E-state index contributed by atoms with van der Waals surface area (Å²) in [5, 5.41) is 9.25. The highest BCUT2D eigenvalue weighted by atomic mass is 19.1. The van der Waals surface area contributed by atoms with Crippen molar-refractivity contribution in [3.05, 3.63) is 58.9 Å². The molecule has 4 nitrogen and oxygen atoms in total. The number of aromatic carboxylic acids is 1. The lowest BCUT2D eigenvalue weighted by atomic mass is 10.1. The Labute approximate surface area is 122 Å². The maximum Gasteiger partial charge on any atom is 0.340 e. The van der Waals surface area contributed by atoms with E-state index in [4.69, 9.17) is 5.73 Å². The Balaban J connectivity index is 2.35. The molecule has 0 saturated heterocycles. The second-order valence-corrected chi connectivity index (χ2v) is 5.00. The summed E-state index contributed by atoms with van der Waals surface area (Å²) in [5.41, 5.74) is 7.58. The largest absolute Gasteiger partial charge is 0.478 e. The first-order valence-corrected chi connectivity index (χ1v) is 6.48. The molecule has 0 unspecified atom stereocenters. The maximum atomic E-state index is 13.4. The van der Waals surface area contributed by atoms with Crippen molar-refractivity contribution in [2.45, 2.75) is 13.5 Å². The summed E-state index contributed by atoms with van der Waals surface area (Å²) in [5.74, 6) is -1.96. The van der Waals surface area contributed by atoms with Crippen molar-refractivity contribution in [2.75, 3.05) is 17.7 Å². The van der Waals surface area contributed by atoms with Crippen LogP contribution in [0.15, 0.2) is 36.4 Å². The standard InChI is InChI=1S/C16H17FN2O2/c1-10-3-5-11(6-4-10)9-19(2)13-8-7-12(17)15(18)14(13)16(20)21/h3-8H,9,18H2,1-2H3,(H,20,21). The molecule has 21 heavy (non-hydrogen) atoms. The minimum atomic E-state index is -1.24. The molecule has 2 aromatic carbocycles. The molecule has 2 rings (SSSR count). The van der Waals surface area contributed by atoms with E-state index in [9.17, 15) is 14.3 Å². The van der Waals surface area contributed by atoms with Gasteiger partial charge in [0.15, 0.2) is 0 Å². The molecule has 0 heterocycles. The Hall–Kier alpha value is -2.56. The van der Waals surface area contributed by atoms with Gasteiger partial charge in [-0.2, -0.15) is 0 Å². The van der Waals surface area contributed by atoms with Crippen LogP contribution in [-0.2, 0) is 6.54 Å². The second kappa shape index (κ2) is 5.83. The predicted octanol–water partition coefficient (Wildman–Crippen LogP) is 3.05. The third-order valence-electron chi connectivity index (χ3n) is 3.34. The van der Waals surface area contributed by atoms with E-state index >= 15 is 0 Å². The van der Waals surface area contributed by atoms with E-state index in [1.165, 1.54) is 12.1 Å². The Morgan fingerprint density at radius 2 is 1.86 bits per heavy atom. The summed E-state index contributed by atoms with van der Waals surface area (Å²) in [7, 11) is 1.75. The quantitative estimate of drug-likeness (QED) is 0.849. The number of rotatable bonds is 4. The lowest BCUT2D eigenvalue weighted by molar-refractivity contribution is 0.0698. The van der Waals surface area contributed by atoms with Gasteiger partial charge in [0, 0.05) is 13.6 Å². The number of hydrogen-bond donors (Lipinski definition) is 2. The predicted molar refractivity (Wildman–Crippen MR) is 81.1 cm³/mol. The fraction of sp³-hybridized carbons (Fsp3) is 0.188. The lowest BCUT2D eigenvalue weighted by Crippen LogP contribution is -2.20. The van der Waals surface area contributed by atoms with Crippen molar-refractivity contribution < 1.29 is 14.3 Å². The fourth-order valence-corrected chi connectivity index (χ4v) is 2.18. The number of anilines is 2. The van der Waals surface area contributed by atoms with E-state index < -0.39 is 11.8 Å². The van der Waals surface area contributed by atoms with Crippen molar-refractivity contribution in [1.29, 1.82) is 0 Å². The highest BCUT2D eigenvalue weighted by Crippen LogP contribution is 2.28. The van der Waals surface area contributed by atoms with Crippen LogP contribution < -0.4 is 10.6 Å². The highest BCUT2D eigenvalue weighted by Gasteiger charge is 2.19. The van der Waals surface area contributed by atoms with E-state index in [0.29, 0.717) is 12.2 Å². The van der Waals surface area contributed by atoms with Crippen LogP contribution in [-0.4, -0.2) is 18.1 Å². The van der Waals surface area contributed by atoms with Gasteiger partial charge in [0.25, 0.3) is 0 Å². The number of hydrogen-bond acceptors (Lipinski definition) is 3. The van der Waals surface area contributed by atoms with Gasteiger partial charge in [-0.3, -0.25) is 0 Å². The second-order valence-electron chi connectivity index (χ2n) is 5.00. The van der Waals surface area contributed by atoms with Crippen LogP contribution in [0.25, 0.3) is 0 Å². The Bertz CT molecular complexity index is 669. The fourth-order valence-electron chi connectivity index (χ4n) is 2.18. The molecule has 5 heteroatoms. The van der Waals surface area contributed by atoms with E-state index in [0.717, 1.165) is 11.1 Å². The van der Waals surface area contributed by atoms with Crippen LogP contribution in [0, 0.1) is 12.7 Å². The lowest BCUT2D eigenvalue weighted by Gasteiger charge is -2.22. The van der Waals surface area contributed by atoms with Crippen LogP contribution in [0.5, 0.6) is 0 Å². The van der Waals surface area contributed by atoms with Crippen molar-refractivity contribution in [1.82, 2.24) is 0 Å². The van der Waals surface area contributed by atoms with Crippen molar-refractivity contribution in [3.63, 3.8) is 0 Å².